The van der Waals surface area contributed by atoms with Gasteiger partial charge in [0.25, 0.3) is 11.8 Å². The minimum absolute atomic E-state index is 0.0636. The van der Waals surface area contributed by atoms with E-state index in [1.807, 2.05) is 42.5 Å². The van der Waals surface area contributed by atoms with Gasteiger partial charge in [-0.15, -0.1) is 0 Å². The van der Waals surface area contributed by atoms with Crippen molar-refractivity contribution in [3.63, 3.8) is 0 Å². The van der Waals surface area contributed by atoms with E-state index in [-0.39, 0.29) is 17.7 Å². The number of fused-ring (bicyclic) bond motifs is 2. The maximum atomic E-state index is 13.5. The molecule has 190 valence electrons. The van der Waals surface area contributed by atoms with Crippen LogP contribution in [0.5, 0.6) is 11.5 Å². The smallest absolute Gasteiger partial charge is 0.256 e. The van der Waals surface area contributed by atoms with Gasteiger partial charge < -0.3 is 24.6 Å². The second kappa shape index (κ2) is 10.3. The van der Waals surface area contributed by atoms with E-state index < -0.39 is 6.04 Å². The van der Waals surface area contributed by atoms with Crippen LogP contribution in [0.4, 0.5) is 5.69 Å². The van der Waals surface area contributed by atoms with E-state index in [1.54, 1.807) is 48.3 Å². The summed E-state index contributed by atoms with van der Waals surface area (Å²) >= 11 is 0. The Hall–Kier alpha value is -4.33. The lowest BCUT2D eigenvalue weighted by atomic mass is 10.1. The standard InChI is InChI=1S/C29H29N3O5/c1-36-22-14-20(15-23(16-22)37-2)17-30-27(33)21-11-9-19(10-12-21)18-32-25-7-4-3-6-24(25)28(34)31-13-5-8-26(31)29(32)35/h3-4,6-7,9-12,14-16,26H,5,8,13,17-18H2,1-2H3,(H,30,33)/t26-/m1/s1. The van der Waals surface area contributed by atoms with Gasteiger partial charge in [-0.05, 0) is 60.4 Å². The fraction of sp³-hybridized carbons (Fsp3) is 0.276. The number of carbonyl (C=O) groups excluding carboxylic acids is 3. The van der Waals surface area contributed by atoms with Gasteiger partial charge in [0.2, 0.25) is 5.91 Å². The SMILES string of the molecule is COc1cc(CNC(=O)c2ccc(CN3C(=O)[C@H]4CCCN4C(=O)c4ccccc43)cc2)cc(OC)c1. The lowest BCUT2D eigenvalue weighted by Crippen LogP contribution is -2.44. The Balaban J connectivity index is 1.30. The van der Waals surface area contributed by atoms with Crippen molar-refractivity contribution in [2.75, 3.05) is 25.7 Å². The molecule has 8 heteroatoms. The van der Waals surface area contributed by atoms with Crippen molar-refractivity contribution in [1.82, 2.24) is 10.2 Å². The number of hydrogen-bond acceptors (Lipinski definition) is 5. The van der Waals surface area contributed by atoms with Crippen molar-refractivity contribution in [1.29, 1.82) is 0 Å². The van der Waals surface area contributed by atoms with Gasteiger partial charge in [-0.25, -0.2) is 0 Å². The summed E-state index contributed by atoms with van der Waals surface area (Å²) in [7, 11) is 3.16. The number of hydrogen-bond donors (Lipinski definition) is 1. The number of carbonyl (C=O) groups is 3. The third-order valence-electron chi connectivity index (χ3n) is 6.91. The van der Waals surface area contributed by atoms with Crippen LogP contribution in [0.2, 0.25) is 0 Å². The summed E-state index contributed by atoms with van der Waals surface area (Å²) in [5.74, 6) is 0.942. The molecule has 2 aliphatic rings. The van der Waals surface area contributed by atoms with Crippen LogP contribution in [0.3, 0.4) is 0 Å². The largest absolute Gasteiger partial charge is 0.497 e. The average Bonchev–Trinajstić information content (AvgIpc) is 3.41. The van der Waals surface area contributed by atoms with E-state index in [0.717, 1.165) is 17.5 Å². The number of anilines is 1. The zero-order valence-corrected chi connectivity index (χ0v) is 20.9. The van der Waals surface area contributed by atoms with Gasteiger partial charge in [-0.2, -0.15) is 0 Å². The van der Waals surface area contributed by atoms with Crippen LogP contribution in [0.15, 0.2) is 66.7 Å². The van der Waals surface area contributed by atoms with E-state index in [2.05, 4.69) is 5.32 Å². The Morgan fingerprint density at radius 3 is 2.35 bits per heavy atom. The van der Waals surface area contributed by atoms with E-state index in [1.165, 1.54) is 0 Å². The minimum Gasteiger partial charge on any atom is -0.497 e. The number of nitrogens with one attached hydrogen (secondary N) is 1. The van der Waals surface area contributed by atoms with Crippen molar-refractivity contribution < 1.29 is 23.9 Å². The molecule has 1 fully saturated rings. The summed E-state index contributed by atoms with van der Waals surface area (Å²) in [5, 5.41) is 2.92. The van der Waals surface area contributed by atoms with Crippen LogP contribution in [-0.2, 0) is 17.9 Å². The van der Waals surface area contributed by atoms with E-state index >= 15 is 0 Å². The molecule has 3 aromatic carbocycles. The average molecular weight is 500 g/mol. The molecule has 2 aliphatic heterocycles. The van der Waals surface area contributed by atoms with Crippen molar-refractivity contribution >= 4 is 23.4 Å². The number of nitrogens with zero attached hydrogens (tertiary/aromatic N) is 2. The molecule has 3 aromatic rings. The van der Waals surface area contributed by atoms with Gasteiger partial charge in [-0.3, -0.25) is 14.4 Å². The molecule has 0 spiro atoms. The summed E-state index contributed by atoms with van der Waals surface area (Å²) in [4.78, 5) is 42.8. The number of methoxy groups -OCH3 is 2. The number of benzene rings is 3. The Morgan fingerprint density at radius 2 is 1.65 bits per heavy atom. The molecule has 2 heterocycles. The van der Waals surface area contributed by atoms with Crippen molar-refractivity contribution in [3.05, 3.63) is 89.0 Å². The maximum absolute atomic E-state index is 13.5. The zero-order valence-electron chi connectivity index (χ0n) is 20.9. The van der Waals surface area contributed by atoms with Gasteiger partial charge in [0, 0.05) is 24.7 Å². The normalized spacial score (nSPS) is 16.6. The van der Waals surface area contributed by atoms with Crippen LogP contribution in [0.1, 0.15) is 44.7 Å². The summed E-state index contributed by atoms with van der Waals surface area (Å²) < 4.78 is 10.6. The van der Waals surface area contributed by atoms with Crippen LogP contribution in [0, 0.1) is 0 Å². The number of rotatable bonds is 7. The second-order valence-corrected chi connectivity index (χ2v) is 9.20. The predicted molar refractivity (Wildman–Crippen MR) is 139 cm³/mol. The van der Waals surface area contributed by atoms with Gasteiger partial charge >= 0.3 is 0 Å². The monoisotopic (exact) mass is 499 g/mol. The summed E-state index contributed by atoms with van der Waals surface area (Å²) in [5.41, 5.74) is 3.41. The molecule has 0 bridgehead atoms. The molecular formula is C29H29N3O5. The first-order valence-corrected chi connectivity index (χ1v) is 12.3. The molecule has 37 heavy (non-hydrogen) atoms. The van der Waals surface area contributed by atoms with E-state index in [4.69, 9.17) is 9.47 Å². The maximum Gasteiger partial charge on any atom is 0.256 e. The fourth-order valence-corrected chi connectivity index (χ4v) is 4.97. The van der Waals surface area contributed by atoms with Crippen molar-refractivity contribution in [2.45, 2.75) is 32.0 Å². The molecule has 0 aliphatic carbocycles. The summed E-state index contributed by atoms with van der Waals surface area (Å²) in [6.45, 7) is 1.24. The molecule has 1 N–H and O–H groups in total. The lowest BCUT2D eigenvalue weighted by Gasteiger charge is -2.26. The minimum atomic E-state index is -0.430. The van der Waals surface area contributed by atoms with E-state index in [0.29, 0.717) is 54.4 Å². The highest BCUT2D eigenvalue weighted by molar-refractivity contribution is 6.11. The van der Waals surface area contributed by atoms with Crippen molar-refractivity contribution in [3.8, 4) is 11.5 Å². The first-order valence-electron chi connectivity index (χ1n) is 12.3. The molecule has 3 amide bonds. The van der Waals surface area contributed by atoms with E-state index in [9.17, 15) is 14.4 Å². The van der Waals surface area contributed by atoms with Gasteiger partial charge in [0.1, 0.15) is 17.5 Å². The highest BCUT2D eigenvalue weighted by atomic mass is 16.5. The van der Waals surface area contributed by atoms with Gasteiger partial charge in [-0.1, -0.05) is 24.3 Å². The predicted octanol–water partition coefficient (Wildman–Crippen LogP) is 3.79. The van der Waals surface area contributed by atoms with Crippen LogP contribution >= 0.6 is 0 Å². The Labute approximate surface area is 215 Å². The van der Waals surface area contributed by atoms with Crippen LogP contribution in [-0.4, -0.2) is 49.4 Å². The molecule has 0 radical (unpaired) electrons. The topological polar surface area (TPSA) is 88.2 Å². The molecule has 0 aromatic heterocycles. The van der Waals surface area contributed by atoms with Gasteiger partial charge in [0.15, 0.2) is 0 Å². The van der Waals surface area contributed by atoms with Crippen LogP contribution < -0.4 is 19.7 Å². The number of amides is 3. The third-order valence-corrected chi connectivity index (χ3v) is 6.91. The molecule has 8 nitrogen and oxygen atoms in total. The molecule has 0 saturated carbocycles. The molecular weight excluding hydrogens is 470 g/mol. The Bertz CT molecular complexity index is 1320. The number of para-hydroxylation sites is 1. The third kappa shape index (κ3) is 4.87. The summed E-state index contributed by atoms with van der Waals surface area (Å²) in [6.07, 6.45) is 1.50. The molecule has 0 unspecified atom stereocenters. The van der Waals surface area contributed by atoms with Gasteiger partial charge in [0.05, 0.1) is 32.0 Å². The zero-order chi connectivity index (χ0) is 25.9. The Morgan fingerprint density at radius 1 is 0.946 bits per heavy atom. The first kappa shape index (κ1) is 24.4. The number of ether oxygens (including phenoxy) is 2. The quantitative estimate of drug-likeness (QED) is 0.535. The highest BCUT2D eigenvalue weighted by Crippen LogP contribution is 2.33. The highest BCUT2D eigenvalue weighted by Gasteiger charge is 2.41. The second-order valence-electron chi connectivity index (χ2n) is 9.20. The van der Waals surface area contributed by atoms with Crippen molar-refractivity contribution in [2.24, 2.45) is 0 Å². The fourth-order valence-electron chi connectivity index (χ4n) is 4.97. The lowest BCUT2D eigenvalue weighted by molar-refractivity contribution is -0.122. The Kier molecular flexibility index (Phi) is 6.81. The molecule has 1 atom stereocenters. The summed E-state index contributed by atoms with van der Waals surface area (Å²) in [6, 6.07) is 19.5. The molecule has 5 rings (SSSR count). The molecule has 1 saturated heterocycles. The van der Waals surface area contributed by atoms with Crippen LogP contribution in [0.25, 0.3) is 0 Å². The first-order chi connectivity index (χ1) is 18.0.